The van der Waals surface area contributed by atoms with Gasteiger partial charge in [0.15, 0.2) is 0 Å². The maximum atomic E-state index is 6.74. The van der Waals surface area contributed by atoms with Crippen LogP contribution in [0.3, 0.4) is 0 Å². The van der Waals surface area contributed by atoms with Crippen LogP contribution in [0.5, 0.6) is 0 Å². The van der Waals surface area contributed by atoms with Crippen molar-refractivity contribution >= 4 is 14.5 Å². The first kappa shape index (κ1) is 27.1. The van der Waals surface area contributed by atoms with Gasteiger partial charge in [-0.25, -0.2) is 0 Å². The van der Waals surface area contributed by atoms with Crippen molar-refractivity contribution in [3.63, 3.8) is 0 Å². The zero-order valence-electron chi connectivity index (χ0n) is 26.6. The number of anilines is 1. The van der Waals surface area contributed by atoms with Crippen molar-refractivity contribution in [3.05, 3.63) is 170 Å². The maximum absolute atomic E-state index is 6.74. The third-order valence-electron chi connectivity index (χ3n) is 12.0. The van der Waals surface area contributed by atoms with Gasteiger partial charge in [0.05, 0.1) is 23.4 Å². The fourth-order valence-electron chi connectivity index (χ4n) is 9.82. The molecule has 46 heavy (non-hydrogen) atoms. The molecule has 7 aliphatic carbocycles. The molecular formula is C43H40NOSi+. The van der Waals surface area contributed by atoms with Gasteiger partial charge >= 0.3 is 8.80 Å². The molecule has 3 heteroatoms. The summed E-state index contributed by atoms with van der Waals surface area (Å²) in [5.41, 5.74) is 13.6. The predicted molar refractivity (Wildman–Crippen MR) is 190 cm³/mol. The lowest BCUT2D eigenvalue weighted by molar-refractivity contribution is 0.183. The number of allylic oxidation sites excluding steroid dienone is 20. The molecule has 0 N–H and O–H groups in total. The minimum atomic E-state index is -0.811. The van der Waals surface area contributed by atoms with E-state index in [0.29, 0.717) is 23.8 Å². The van der Waals surface area contributed by atoms with Crippen LogP contribution in [-0.4, -0.2) is 20.9 Å². The van der Waals surface area contributed by atoms with E-state index in [1.165, 1.54) is 59.5 Å². The predicted octanol–water partition coefficient (Wildman–Crippen LogP) is 9.81. The third kappa shape index (κ3) is 4.00. The lowest BCUT2D eigenvalue weighted by atomic mass is 9.71. The molecule has 0 bridgehead atoms. The van der Waals surface area contributed by atoms with Gasteiger partial charge in [-0.05, 0) is 96.8 Å². The summed E-state index contributed by atoms with van der Waals surface area (Å²) in [6.45, 7) is 2.53. The first-order chi connectivity index (χ1) is 22.7. The monoisotopic (exact) mass is 614 g/mol. The molecule has 226 valence electrons. The van der Waals surface area contributed by atoms with Crippen LogP contribution in [-0.2, 0) is 4.74 Å². The molecular weight excluding hydrogens is 575 g/mol. The third-order valence-corrected chi connectivity index (χ3v) is 14.6. The van der Waals surface area contributed by atoms with E-state index in [-0.39, 0.29) is 6.10 Å². The zero-order valence-corrected chi connectivity index (χ0v) is 27.6. The Hall–Kier alpha value is -4.08. The summed E-state index contributed by atoms with van der Waals surface area (Å²) in [5, 5.41) is 3.29. The summed E-state index contributed by atoms with van der Waals surface area (Å²) in [5.74, 6) is 2.68. The Bertz CT molecular complexity index is 1930. The number of fused-ring (bicyclic) bond motifs is 8. The number of hydrogen-bond donors (Lipinski definition) is 0. The second kappa shape index (κ2) is 10.5. The van der Waals surface area contributed by atoms with Gasteiger partial charge in [-0.3, -0.25) is 0 Å². The second-order valence-electron chi connectivity index (χ2n) is 14.3. The summed E-state index contributed by atoms with van der Waals surface area (Å²) in [7, 11) is -0.811. The second-order valence-corrected chi connectivity index (χ2v) is 16.7. The summed E-state index contributed by atoms with van der Waals surface area (Å²) >= 11 is 0. The molecule has 2 heterocycles. The van der Waals surface area contributed by atoms with Gasteiger partial charge in [0.2, 0.25) is 0 Å². The summed E-state index contributed by atoms with van der Waals surface area (Å²) in [6.07, 6.45) is 39.5. The Kier molecular flexibility index (Phi) is 6.16. The lowest BCUT2D eigenvalue weighted by Gasteiger charge is -2.39. The molecule has 1 aromatic rings. The highest BCUT2D eigenvalue weighted by Crippen LogP contribution is 2.53. The van der Waals surface area contributed by atoms with Crippen molar-refractivity contribution in [2.24, 2.45) is 17.8 Å². The van der Waals surface area contributed by atoms with Crippen molar-refractivity contribution in [1.29, 1.82) is 0 Å². The quantitative estimate of drug-likeness (QED) is 0.314. The molecule has 5 unspecified atom stereocenters. The Balaban J connectivity index is 1.00. The van der Waals surface area contributed by atoms with Crippen LogP contribution in [0.1, 0.15) is 44.9 Å². The maximum Gasteiger partial charge on any atom is 0.383 e. The largest absolute Gasteiger partial charge is 0.489 e. The number of hydrogen-bond acceptors (Lipinski definition) is 2. The molecule has 0 saturated carbocycles. The Morgan fingerprint density at radius 3 is 2.67 bits per heavy atom. The highest BCUT2D eigenvalue weighted by molar-refractivity contribution is 6.76. The molecule has 5 atom stereocenters. The average molecular weight is 615 g/mol. The van der Waals surface area contributed by atoms with Crippen molar-refractivity contribution in [1.82, 2.24) is 0 Å². The smallest absolute Gasteiger partial charge is 0.383 e. The van der Waals surface area contributed by atoms with Crippen molar-refractivity contribution in [2.75, 3.05) is 4.90 Å². The molecule has 10 rings (SSSR count). The normalized spacial score (nSPS) is 31.4. The first-order valence-electron chi connectivity index (χ1n) is 17.5. The van der Waals surface area contributed by atoms with Crippen LogP contribution in [0.15, 0.2) is 170 Å². The van der Waals surface area contributed by atoms with Crippen LogP contribution in [0.2, 0.25) is 6.55 Å². The molecule has 1 saturated heterocycles. The van der Waals surface area contributed by atoms with Crippen LogP contribution >= 0.6 is 0 Å². The summed E-state index contributed by atoms with van der Waals surface area (Å²) in [4.78, 5) is 2.67. The van der Waals surface area contributed by atoms with Gasteiger partial charge in [-0.2, -0.15) is 0 Å². The molecule has 1 fully saturated rings. The molecule has 0 aromatic heterocycles. The number of ether oxygens (including phenoxy) is 1. The number of benzene rings is 1. The minimum absolute atomic E-state index is 0.195. The highest BCUT2D eigenvalue weighted by atomic mass is 28.3. The summed E-state index contributed by atoms with van der Waals surface area (Å²) in [6, 6.07) is 11.5. The molecule has 1 aromatic carbocycles. The van der Waals surface area contributed by atoms with Crippen molar-refractivity contribution < 1.29 is 4.74 Å². The number of nitrogens with zero attached hydrogens (tertiary/aromatic N) is 1. The molecule has 2 nitrogen and oxygen atoms in total. The van der Waals surface area contributed by atoms with Gasteiger partial charge in [-0.15, -0.1) is 0 Å². The van der Waals surface area contributed by atoms with Gasteiger partial charge in [-0.1, -0.05) is 79.0 Å². The SMILES string of the molecule is C[Si+]1C2=CCC3C(=C2C2=C1CC(N(C1=CC=C4C5=C(C=CC4C1)C1=C(C=CCC1)CC5)c1ccccc1)C=C2)OC1C=CC=CC13. The van der Waals surface area contributed by atoms with Crippen LogP contribution in [0.4, 0.5) is 5.69 Å². The highest BCUT2D eigenvalue weighted by Gasteiger charge is 2.53. The standard InChI is InChI=1S/C43H40NOSi/c1-46-40-24-23-37-36-13-7-8-14-39(36)45-43(37)42(40)38-22-18-31(26-41(38)46)44(29-10-3-2-4-11-29)30-17-21-33-28(25-30)16-20-34-32-12-6-5-9-27(32)15-19-35(33)34/h2-5,7-11,13-14,16-18,20-22,24,28,31,36-37,39H,6,12,15,19,23,25-26H2,1H3/q+1. The van der Waals surface area contributed by atoms with Crippen LogP contribution in [0, 0.1) is 17.8 Å². The van der Waals surface area contributed by atoms with Gasteiger partial charge in [0.1, 0.15) is 17.1 Å². The van der Waals surface area contributed by atoms with E-state index in [0.717, 1.165) is 19.3 Å². The topological polar surface area (TPSA) is 12.5 Å². The van der Waals surface area contributed by atoms with E-state index in [1.807, 2.05) is 0 Å². The minimum Gasteiger partial charge on any atom is -0.489 e. The fraction of sp³-hybridized carbons (Fsp3) is 0.302. The number of para-hydroxylation sites is 1. The fourth-order valence-corrected chi connectivity index (χ4v) is 12.3. The Morgan fingerprint density at radius 1 is 0.848 bits per heavy atom. The van der Waals surface area contributed by atoms with E-state index in [1.54, 1.807) is 32.7 Å². The molecule has 0 amide bonds. The molecule has 0 spiro atoms. The van der Waals surface area contributed by atoms with E-state index in [4.69, 9.17) is 4.74 Å². The van der Waals surface area contributed by atoms with Crippen LogP contribution in [0.25, 0.3) is 0 Å². The molecule has 9 aliphatic rings. The van der Waals surface area contributed by atoms with Gasteiger partial charge in [0.25, 0.3) is 0 Å². The lowest BCUT2D eigenvalue weighted by Crippen LogP contribution is -2.37. The van der Waals surface area contributed by atoms with Crippen molar-refractivity contribution in [2.45, 2.75) is 63.6 Å². The van der Waals surface area contributed by atoms with Gasteiger partial charge in [0, 0.05) is 41.1 Å². The Morgan fingerprint density at radius 2 is 1.74 bits per heavy atom. The van der Waals surface area contributed by atoms with E-state index in [2.05, 4.69) is 121 Å². The van der Waals surface area contributed by atoms with E-state index < -0.39 is 8.80 Å². The number of rotatable bonds is 3. The Labute approximate surface area is 274 Å². The van der Waals surface area contributed by atoms with E-state index in [9.17, 15) is 0 Å². The van der Waals surface area contributed by atoms with Crippen LogP contribution < -0.4 is 4.90 Å². The van der Waals surface area contributed by atoms with E-state index >= 15 is 0 Å². The van der Waals surface area contributed by atoms with Crippen molar-refractivity contribution in [3.8, 4) is 0 Å². The average Bonchev–Trinajstić information content (AvgIpc) is 3.63. The first-order valence-corrected chi connectivity index (χ1v) is 19.5. The van der Waals surface area contributed by atoms with Gasteiger partial charge < -0.3 is 9.64 Å². The summed E-state index contributed by atoms with van der Waals surface area (Å²) < 4.78 is 6.74. The molecule has 0 radical (unpaired) electrons. The molecule has 2 aliphatic heterocycles. The zero-order chi connectivity index (χ0) is 30.4.